The van der Waals surface area contributed by atoms with Crippen LogP contribution in [0.2, 0.25) is 0 Å². The topological polar surface area (TPSA) is 90.0 Å². The zero-order chi connectivity index (χ0) is 24.6. The molecule has 0 radical (unpaired) electrons. The number of anilines is 3. The number of nitrogens with zero attached hydrogens (tertiary/aromatic N) is 3. The van der Waals surface area contributed by atoms with Crippen molar-refractivity contribution in [2.75, 3.05) is 41.3 Å². The van der Waals surface area contributed by atoms with Gasteiger partial charge >= 0.3 is 0 Å². The van der Waals surface area contributed by atoms with Gasteiger partial charge in [0.25, 0.3) is 0 Å². The van der Waals surface area contributed by atoms with Crippen LogP contribution in [0.15, 0.2) is 41.3 Å². The third kappa shape index (κ3) is 4.25. The second kappa shape index (κ2) is 9.30. The monoisotopic (exact) mass is 492 g/mol. The summed E-state index contributed by atoms with van der Waals surface area (Å²) < 4.78 is 54.6. The molecular formula is C23H26F2N4O4S. The number of halogens is 2. The molecule has 0 saturated carbocycles. The highest BCUT2D eigenvalue weighted by Crippen LogP contribution is 2.41. The zero-order valence-electron chi connectivity index (χ0n) is 18.9. The molecule has 2 aromatic carbocycles. The van der Waals surface area contributed by atoms with Gasteiger partial charge in [-0.2, -0.15) is 4.31 Å². The molecule has 0 aromatic heterocycles. The zero-order valence-corrected chi connectivity index (χ0v) is 19.7. The van der Waals surface area contributed by atoms with Crippen LogP contribution in [0.5, 0.6) is 0 Å². The molecule has 34 heavy (non-hydrogen) atoms. The minimum absolute atomic E-state index is 0.0235. The van der Waals surface area contributed by atoms with Crippen LogP contribution in [-0.4, -0.2) is 56.8 Å². The summed E-state index contributed by atoms with van der Waals surface area (Å²) in [6.45, 7) is 4.26. The van der Waals surface area contributed by atoms with Crippen molar-refractivity contribution in [1.82, 2.24) is 4.31 Å². The van der Waals surface area contributed by atoms with Gasteiger partial charge in [0.2, 0.25) is 21.8 Å². The summed E-state index contributed by atoms with van der Waals surface area (Å²) in [6, 6.07) is 6.92. The van der Waals surface area contributed by atoms with Gasteiger partial charge in [-0.15, -0.1) is 0 Å². The van der Waals surface area contributed by atoms with Gasteiger partial charge in [0, 0.05) is 25.7 Å². The van der Waals surface area contributed by atoms with Gasteiger partial charge in [0.1, 0.15) is 24.2 Å². The number of fused-ring (bicyclic) bond motifs is 3. The van der Waals surface area contributed by atoms with E-state index in [4.69, 9.17) is 0 Å². The summed E-state index contributed by atoms with van der Waals surface area (Å²) >= 11 is 0. The molecule has 2 amide bonds. The van der Waals surface area contributed by atoms with E-state index in [-0.39, 0.29) is 16.5 Å². The van der Waals surface area contributed by atoms with Gasteiger partial charge in [-0.05, 0) is 43.2 Å². The van der Waals surface area contributed by atoms with E-state index in [1.54, 1.807) is 19.9 Å². The normalized spacial score (nSPS) is 17.7. The van der Waals surface area contributed by atoms with E-state index in [2.05, 4.69) is 5.32 Å². The molecule has 4 rings (SSSR count). The Morgan fingerprint density at radius 1 is 1.12 bits per heavy atom. The lowest BCUT2D eigenvalue weighted by Gasteiger charge is -2.39. The summed E-state index contributed by atoms with van der Waals surface area (Å²) in [5, 5.41) is 2.36. The van der Waals surface area contributed by atoms with Crippen LogP contribution < -0.4 is 15.1 Å². The summed E-state index contributed by atoms with van der Waals surface area (Å²) in [7, 11) is -3.79. The Hall–Kier alpha value is -3.05. The summed E-state index contributed by atoms with van der Waals surface area (Å²) in [5.74, 6) is -2.72. The number of nitrogens with one attached hydrogen (secondary N) is 1. The smallest absolute Gasteiger partial charge is 0.250 e. The second-order valence-corrected chi connectivity index (χ2v) is 10.1. The van der Waals surface area contributed by atoms with Crippen molar-refractivity contribution in [1.29, 1.82) is 0 Å². The van der Waals surface area contributed by atoms with Gasteiger partial charge in [-0.3, -0.25) is 14.5 Å². The second-order valence-electron chi connectivity index (χ2n) is 8.19. The first-order chi connectivity index (χ1) is 16.2. The first-order valence-corrected chi connectivity index (χ1v) is 12.6. The van der Waals surface area contributed by atoms with Crippen molar-refractivity contribution < 1.29 is 26.8 Å². The third-order valence-corrected chi connectivity index (χ3v) is 8.25. The van der Waals surface area contributed by atoms with E-state index in [1.807, 2.05) is 4.90 Å². The molecule has 2 aliphatic rings. The lowest BCUT2D eigenvalue weighted by atomic mass is 10.1. The number of carbonyl (C=O) groups is 2. The minimum Gasteiger partial charge on any atom is -0.358 e. The van der Waals surface area contributed by atoms with E-state index in [0.29, 0.717) is 43.5 Å². The Morgan fingerprint density at radius 2 is 1.85 bits per heavy atom. The number of benzene rings is 2. The van der Waals surface area contributed by atoms with Crippen LogP contribution in [0.3, 0.4) is 0 Å². The standard InChI is InChI=1S/C23H26F2N4O4S/c1-3-27(4-2)34(32,33)16-8-10-19-21(13-16)29(23(31)20-6-5-11-28(19)20)14-22(30)26-18-9-7-15(24)12-17(18)25/h7-10,12-13,20H,3-6,11,14H2,1-2H3,(H,26,30). The predicted octanol–water partition coefficient (Wildman–Crippen LogP) is 2.95. The van der Waals surface area contributed by atoms with Crippen LogP contribution in [0, 0.1) is 11.6 Å². The Bertz CT molecular complexity index is 1230. The minimum atomic E-state index is -3.79. The fourth-order valence-electron chi connectivity index (χ4n) is 4.53. The first-order valence-electron chi connectivity index (χ1n) is 11.1. The maximum absolute atomic E-state index is 14.0. The summed E-state index contributed by atoms with van der Waals surface area (Å²) in [6.07, 6.45) is 1.40. The molecule has 182 valence electrons. The van der Waals surface area contributed by atoms with Crippen LogP contribution in [0.1, 0.15) is 26.7 Å². The molecule has 2 aliphatic heterocycles. The van der Waals surface area contributed by atoms with Crippen LogP contribution in [0.4, 0.5) is 25.8 Å². The Kier molecular flexibility index (Phi) is 6.59. The molecule has 0 aliphatic carbocycles. The van der Waals surface area contributed by atoms with Crippen LogP contribution >= 0.6 is 0 Å². The quantitative estimate of drug-likeness (QED) is 0.642. The van der Waals surface area contributed by atoms with E-state index >= 15 is 0 Å². The number of hydrogen-bond donors (Lipinski definition) is 1. The number of amides is 2. The van der Waals surface area contributed by atoms with E-state index < -0.39 is 40.2 Å². The Labute approximate surface area is 197 Å². The molecular weight excluding hydrogens is 466 g/mol. The number of hydrogen-bond acceptors (Lipinski definition) is 5. The molecule has 0 bridgehead atoms. The summed E-state index contributed by atoms with van der Waals surface area (Å²) in [4.78, 5) is 29.2. The maximum atomic E-state index is 14.0. The van der Waals surface area contributed by atoms with Crippen molar-refractivity contribution in [3.8, 4) is 0 Å². The average molecular weight is 493 g/mol. The van der Waals surface area contributed by atoms with Crippen LogP contribution in [0.25, 0.3) is 0 Å². The van der Waals surface area contributed by atoms with Crippen molar-refractivity contribution in [2.24, 2.45) is 0 Å². The first kappa shape index (κ1) is 24.1. The van der Waals surface area contributed by atoms with Crippen molar-refractivity contribution >= 4 is 38.9 Å². The summed E-state index contributed by atoms with van der Waals surface area (Å²) in [5.41, 5.74) is 0.768. The van der Waals surface area contributed by atoms with Gasteiger partial charge < -0.3 is 10.2 Å². The van der Waals surface area contributed by atoms with E-state index in [0.717, 1.165) is 18.6 Å². The lowest BCUT2D eigenvalue weighted by molar-refractivity contribution is -0.122. The predicted molar refractivity (Wildman–Crippen MR) is 124 cm³/mol. The number of sulfonamides is 1. The molecule has 1 unspecified atom stereocenters. The Morgan fingerprint density at radius 3 is 2.53 bits per heavy atom. The third-order valence-electron chi connectivity index (χ3n) is 6.20. The molecule has 2 heterocycles. The molecule has 1 N–H and O–H groups in total. The number of carbonyl (C=O) groups excluding carboxylic acids is 2. The van der Waals surface area contributed by atoms with Gasteiger partial charge in [-0.25, -0.2) is 17.2 Å². The molecule has 2 aromatic rings. The number of rotatable bonds is 7. The SMILES string of the molecule is CCN(CC)S(=O)(=O)c1ccc2c(c1)N(CC(=O)Nc1ccc(F)cc1F)C(=O)C1CCCN21. The fraction of sp³-hybridized carbons (Fsp3) is 0.391. The van der Waals surface area contributed by atoms with Gasteiger partial charge in [0.15, 0.2) is 0 Å². The van der Waals surface area contributed by atoms with Gasteiger partial charge in [0.05, 0.1) is 22.0 Å². The molecule has 8 nitrogen and oxygen atoms in total. The van der Waals surface area contributed by atoms with E-state index in [9.17, 15) is 26.8 Å². The highest BCUT2D eigenvalue weighted by atomic mass is 32.2. The highest BCUT2D eigenvalue weighted by molar-refractivity contribution is 7.89. The van der Waals surface area contributed by atoms with Crippen molar-refractivity contribution in [3.05, 3.63) is 48.0 Å². The largest absolute Gasteiger partial charge is 0.358 e. The average Bonchev–Trinajstić information content (AvgIpc) is 3.29. The molecule has 1 atom stereocenters. The van der Waals surface area contributed by atoms with Crippen molar-refractivity contribution in [2.45, 2.75) is 37.6 Å². The van der Waals surface area contributed by atoms with Crippen molar-refractivity contribution in [3.63, 3.8) is 0 Å². The van der Waals surface area contributed by atoms with E-state index in [1.165, 1.54) is 21.3 Å². The molecule has 1 fully saturated rings. The Balaban J connectivity index is 1.70. The maximum Gasteiger partial charge on any atom is 0.250 e. The molecule has 0 spiro atoms. The van der Waals surface area contributed by atoms with Gasteiger partial charge in [-0.1, -0.05) is 13.8 Å². The molecule has 1 saturated heterocycles. The van der Waals surface area contributed by atoms with Crippen LogP contribution in [-0.2, 0) is 19.6 Å². The molecule has 11 heteroatoms. The fourth-order valence-corrected chi connectivity index (χ4v) is 6.01. The highest BCUT2D eigenvalue weighted by Gasteiger charge is 2.42. The lowest BCUT2D eigenvalue weighted by Crippen LogP contribution is -2.52.